The van der Waals surface area contributed by atoms with E-state index in [4.69, 9.17) is 14.2 Å². The van der Waals surface area contributed by atoms with Gasteiger partial charge in [-0.25, -0.2) is 0 Å². The largest absolute Gasteiger partial charge is 0.497 e. The number of hydrogen-bond acceptors (Lipinski definition) is 5. The van der Waals surface area contributed by atoms with E-state index in [0.29, 0.717) is 17.2 Å². The number of rotatable bonds is 7. The third-order valence-corrected chi connectivity index (χ3v) is 4.33. The van der Waals surface area contributed by atoms with Crippen LogP contribution >= 0.6 is 0 Å². The van der Waals surface area contributed by atoms with E-state index in [0.717, 1.165) is 5.56 Å². The highest BCUT2D eigenvalue weighted by Crippen LogP contribution is 2.29. The van der Waals surface area contributed by atoms with Crippen LogP contribution in [0.15, 0.2) is 65.6 Å². The molecule has 2 aromatic carbocycles. The second-order valence-corrected chi connectivity index (χ2v) is 6.29. The molecule has 7 heteroatoms. The summed E-state index contributed by atoms with van der Waals surface area (Å²) in [7, 11) is 4.72. The van der Waals surface area contributed by atoms with E-state index in [1.165, 1.54) is 19.4 Å². The molecule has 0 bridgehead atoms. The zero-order chi connectivity index (χ0) is 20.8. The van der Waals surface area contributed by atoms with Gasteiger partial charge < -0.3 is 24.1 Å². The Bertz CT molecular complexity index is 1060. The van der Waals surface area contributed by atoms with Crippen molar-refractivity contribution >= 4 is 11.6 Å². The average molecular weight is 394 g/mol. The molecule has 0 saturated carbocycles. The third-order valence-electron chi connectivity index (χ3n) is 4.33. The van der Waals surface area contributed by atoms with Crippen LogP contribution in [0.1, 0.15) is 16.1 Å². The second kappa shape index (κ2) is 8.97. The van der Waals surface area contributed by atoms with Gasteiger partial charge in [-0.15, -0.1) is 0 Å². The lowest BCUT2D eigenvalue weighted by atomic mass is 10.2. The van der Waals surface area contributed by atoms with Crippen molar-refractivity contribution in [2.45, 2.75) is 6.61 Å². The van der Waals surface area contributed by atoms with Crippen LogP contribution in [0.4, 0.5) is 5.69 Å². The van der Waals surface area contributed by atoms with Crippen molar-refractivity contribution in [3.63, 3.8) is 0 Å². The molecule has 0 saturated heterocycles. The molecular formula is C22H22N2O5. The number of ether oxygens (including phenoxy) is 3. The predicted octanol–water partition coefficient (Wildman–Crippen LogP) is 3.23. The van der Waals surface area contributed by atoms with Crippen LogP contribution in [0.2, 0.25) is 0 Å². The zero-order valence-corrected chi connectivity index (χ0v) is 16.5. The maximum absolute atomic E-state index is 12.7. The van der Waals surface area contributed by atoms with Crippen LogP contribution in [-0.4, -0.2) is 24.7 Å². The Labute approximate surface area is 168 Å². The predicted molar refractivity (Wildman–Crippen MR) is 110 cm³/mol. The molecule has 3 aromatic rings. The van der Waals surface area contributed by atoms with Gasteiger partial charge in [-0.05, 0) is 17.7 Å². The first-order valence-corrected chi connectivity index (χ1v) is 8.92. The summed E-state index contributed by atoms with van der Waals surface area (Å²) in [6.07, 6.45) is 1.51. The number of nitrogens with zero attached hydrogens (tertiary/aromatic N) is 1. The highest BCUT2D eigenvalue weighted by atomic mass is 16.5. The Hall–Kier alpha value is -3.74. The standard InChI is InChI=1S/C22H22N2O5/c1-24-13-21(29-14-15-7-5-4-6-8-15)19(25)12-18(24)22(26)23-17-10-9-16(27-2)11-20(17)28-3/h4-13H,14H2,1-3H3,(H,23,26). The van der Waals surface area contributed by atoms with Crippen molar-refractivity contribution in [3.8, 4) is 17.2 Å². The minimum Gasteiger partial charge on any atom is -0.497 e. The van der Waals surface area contributed by atoms with Crippen molar-refractivity contribution in [2.75, 3.05) is 19.5 Å². The maximum atomic E-state index is 12.7. The van der Waals surface area contributed by atoms with Gasteiger partial charge >= 0.3 is 0 Å². The lowest BCUT2D eigenvalue weighted by Gasteiger charge is -2.14. The maximum Gasteiger partial charge on any atom is 0.272 e. The van der Waals surface area contributed by atoms with Gasteiger partial charge in [-0.3, -0.25) is 9.59 Å². The number of hydrogen-bond donors (Lipinski definition) is 1. The molecule has 7 nitrogen and oxygen atoms in total. The number of benzene rings is 2. The molecule has 0 atom stereocenters. The van der Waals surface area contributed by atoms with Gasteiger partial charge in [0, 0.05) is 19.2 Å². The second-order valence-electron chi connectivity index (χ2n) is 6.29. The Kier molecular flexibility index (Phi) is 6.19. The molecule has 1 amide bonds. The number of nitrogens with one attached hydrogen (secondary N) is 1. The van der Waals surface area contributed by atoms with Crippen molar-refractivity contribution < 1.29 is 19.0 Å². The first kappa shape index (κ1) is 20.0. The fourth-order valence-corrected chi connectivity index (χ4v) is 2.76. The number of pyridine rings is 1. The lowest BCUT2D eigenvalue weighted by Crippen LogP contribution is -2.22. The Morgan fingerprint density at radius 1 is 1.00 bits per heavy atom. The zero-order valence-electron chi connectivity index (χ0n) is 16.5. The van der Waals surface area contributed by atoms with Gasteiger partial charge in [0.25, 0.3) is 5.91 Å². The summed E-state index contributed by atoms with van der Waals surface area (Å²) in [4.78, 5) is 25.1. The molecule has 1 heterocycles. The van der Waals surface area contributed by atoms with E-state index < -0.39 is 5.91 Å². The van der Waals surface area contributed by atoms with Gasteiger partial charge in [0.05, 0.1) is 26.1 Å². The monoisotopic (exact) mass is 394 g/mol. The fraction of sp³-hybridized carbons (Fsp3) is 0.182. The number of carbonyl (C=O) groups is 1. The van der Waals surface area contributed by atoms with Crippen molar-refractivity contribution in [1.29, 1.82) is 0 Å². The molecule has 0 aliphatic rings. The summed E-state index contributed by atoms with van der Waals surface area (Å²) in [5.74, 6) is 0.787. The van der Waals surface area contributed by atoms with Gasteiger partial charge in [-0.2, -0.15) is 0 Å². The summed E-state index contributed by atoms with van der Waals surface area (Å²) >= 11 is 0. The summed E-state index contributed by atoms with van der Waals surface area (Å²) < 4.78 is 17.6. The topological polar surface area (TPSA) is 78.8 Å². The normalized spacial score (nSPS) is 10.3. The van der Waals surface area contributed by atoms with Gasteiger partial charge in [-0.1, -0.05) is 30.3 Å². The van der Waals surface area contributed by atoms with Gasteiger partial charge in [0.2, 0.25) is 5.43 Å². The molecular weight excluding hydrogens is 372 g/mol. The molecule has 0 spiro atoms. The van der Waals surface area contributed by atoms with E-state index in [-0.39, 0.29) is 23.5 Å². The first-order valence-electron chi connectivity index (χ1n) is 8.92. The van der Waals surface area contributed by atoms with Gasteiger partial charge in [0.15, 0.2) is 5.75 Å². The quantitative estimate of drug-likeness (QED) is 0.666. The number of amides is 1. The first-order chi connectivity index (χ1) is 14.0. The molecule has 0 fully saturated rings. The number of methoxy groups -OCH3 is 2. The molecule has 0 aliphatic carbocycles. The molecule has 0 unspecified atom stereocenters. The van der Waals surface area contributed by atoms with Crippen LogP contribution in [0, 0.1) is 0 Å². The van der Waals surface area contributed by atoms with Gasteiger partial charge in [0.1, 0.15) is 23.8 Å². The Morgan fingerprint density at radius 2 is 1.76 bits per heavy atom. The molecule has 150 valence electrons. The third kappa shape index (κ3) is 4.76. The summed E-state index contributed by atoms with van der Waals surface area (Å²) in [6.45, 7) is 0.269. The van der Waals surface area contributed by atoms with E-state index in [1.54, 1.807) is 36.9 Å². The summed E-state index contributed by atoms with van der Waals surface area (Å²) in [6, 6.07) is 15.8. The number of aromatic nitrogens is 1. The van der Waals surface area contributed by atoms with Crippen LogP contribution in [0.5, 0.6) is 17.2 Å². The number of anilines is 1. The van der Waals surface area contributed by atoms with Crippen molar-refractivity contribution in [1.82, 2.24) is 4.57 Å². The summed E-state index contributed by atoms with van der Waals surface area (Å²) in [5.41, 5.74) is 1.24. The highest BCUT2D eigenvalue weighted by molar-refractivity contribution is 6.04. The Morgan fingerprint density at radius 3 is 2.45 bits per heavy atom. The van der Waals surface area contributed by atoms with E-state index in [2.05, 4.69) is 5.32 Å². The SMILES string of the molecule is COc1ccc(NC(=O)c2cc(=O)c(OCc3ccccc3)cn2C)c(OC)c1. The van der Waals surface area contributed by atoms with Crippen molar-refractivity contribution in [2.24, 2.45) is 7.05 Å². The fourth-order valence-electron chi connectivity index (χ4n) is 2.76. The molecule has 1 aromatic heterocycles. The Balaban J connectivity index is 1.78. The molecule has 0 radical (unpaired) electrons. The smallest absolute Gasteiger partial charge is 0.272 e. The minimum atomic E-state index is -0.442. The minimum absolute atomic E-state index is 0.176. The van der Waals surface area contributed by atoms with Crippen molar-refractivity contribution in [3.05, 3.63) is 82.3 Å². The number of aryl methyl sites for hydroxylation is 1. The molecule has 1 N–H and O–H groups in total. The van der Waals surface area contributed by atoms with Crippen LogP contribution in [0.25, 0.3) is 0 Å². The summed E-state index contributed by atoms with van der Waals surface area (Å²) in [5, 5.41) is 2.75. The molecule has 3 rings (SSSR count). The molecule has 29 heavy (non-hydrogen) atoms. The van der Waals surface area contributed by atoms with E-state index in [1.807, 2.05) is 30.3 Å². The van der Waals surface area contributed by atoms with Crippen LogP contribution in [-0.2, 0) is 13.7 Å². The highest BCUT2D eigenvalue weighted by Gasteiger charge is 2.15. The van der Waals surface area contributed by atoms with E-state index in [9.17, 15) is 9.59 Å². The van der Waals surface area contributed by atoms with E-state index >= 15 is 0 Å². The molecule has 0 aliphatic heterocycles. The lowest BCUT2D eigenvalue weighted by molar-refractivity contribution is 0.101. The average Bonchev–Trinajstić information content (AvgIpc) is 2.74. The number of carbonyl (C=O) groups excluding carboxylic acids is 1. The van der Waals surface area contributed by atoms with Crippen LogP contribution in [0.3, 0.4) is 0 Å². The van der Waals surface area contributed by atoms with Crippen LogP contribution < -0.4 is 25.0 Å².